The zero-order valence-electron chi connectivity index (χ0n) is 11.7. The fourth-order valence-electron chi connectivity index (χ4n) is 1.93. The van der Waals surface area contributed by atoms with E-state index in [1.165, 1.54) is 0 Å². The lowest BCUT2D eigenvalue weighted by Crippen LogP contribution is -2.12. The average molecular weight is 376 g/mol. The van der Waals surface area contributed by atoms with Crippen LogP contribution in [-0.2, 0) is 0 Å². The largest absolute Gasteiger partial charge is 0.485 e. The van der Waals surface area contributed by atoms with Crippen molar-refractivity contribution in [1.82, 2.24) is 0 Å². The molecule has 2 aromatic rings. The van der Waals surface area contributed by atoms with E-state index in [2.05, 4.69) is 4.74 Å². The zero-order valence-corrected chi connectivity index (χ0v) is 11.7. The summed E-state index contributed by atoms with van der Waals surface area (Å²) in [6.45, 7) is -1.60. The molecule has 11 heteroatoms. The SMILES string of the molecule is OCCOc1c(F)c(F)c(-c2c(F)c(F)c(F)c(F)c2F)c(F)c1F. The minimum absolute atomic E-state index is 0.797. The fourth-order valence-corrected chi connectivity index (χ4v) is 1.93. The Morgan fingerprint density at radius 3 is 1.20 bits per heavy atom. The van der Waals surface area contributed by atoms with E-state index in [9.17, 15) is 39.5 Å². The Morgan fingerprint density at radius 2 is 0.840 bits per heavy atom. The van der Waals surface area contributed by atoms with Crippen molar-refractivity contribution in [3.63, 3.8) is 0 Å². The first-order valence-electron chi connectivity index (χ1n) is 6.26. The number of ether oxygens (including phenoxy) is 1. The van der Waals surface area contributed by atoms with Crippen LogP contribution in [0.5, 0.6) is 5.75 Å². The monoisotopic (exact) mass is 376 g/mol. The highest BCUT2D eigenvalue weighted by Gasteiger charge is 2.34. The molecule has 2 aromatic carbocycles. The summed E-state index contributed by atoms with van der Waals surface area (Å²) in [5.41, 5.74) is -4.32. The van der Waals surface area contributed by atoms with Gasteiger partial charge < -0.3 is 9.84 Å². The summed E-state index contributed by atoms with van der Waals surface area (Å²) in [6, 6.07) is 0. The van der Waals surface area contributed by atoms with Crippen molar-refractivity contribution in [1.29, 1.82) is 0 Å². The molecule has 0 heterocycles. The van der Waals surface area contributed by atoms with Crippen LogP contribution < -0.4 is 4.74 Å². The second-order valence-electron chi connectivity index (χ2n) is 4.48. The molecule has 0 spiro atoms. The van der Waals surface area contributed by atoms with Crippen LogP contribution in [0.4, 0.5) is 39.5 Å². The average Bonchev–Trinajstić information content (AvgIpc) is 2.59. The van der Waals surface area contributed by atoms with Crippen LogP contribution in [0.15, 0.2) is 0 Å². The highest BCUT2D eigenvalue weighted by atomic mass is 19.2. The molecule has 0 aliphatic rings. The molecule has 0 fully saturated rings. The van der Waals surface area contributed by atoms with E-state index >= 15 is 0 Å². The smallest absolute Gasteiger partial charge is 0.204 e. The van der Waals surface area contributed by atoms with Crippen molar-refractivity contribution in [3.05, 3.63) is 52.4 Å². The number of hydrogen-bond acceptors (Lipinski definition) is 2. The van der Waals surface area contributed by atoms with Crippen LogP contribution in [0.3, 0.4) is 0 Å². The molecule has 0 atom stereocenters. The number of aliphatic hydroxyl groups excluding tert-OH is 1. The van der Waals surface area contributed by atoms with Crippen molar-refractivity contribution >= 4 is 0 Å². The lowest BCUT2D eigenvalue weighted by molar-refractivity contribution is 0.187. The molecule has 2 nitrogen and oxygen atoms in total. The van der Waals surface area contributed by atoms with Gasteiger partial charge in [0.05, 0.1) is 17.7 Å². The van der Waals surface area contributed by atoms with E-state index in [1.54, 1.807) is 0 Å². The Hall–Kier alpha value is -2.43. The van der Waals surface area contributed by atoms with E-state index in [-0.39, 0.29) is 0 Å². The van der Waals surface area contributed by atoms with E-state index in [0.29, 0.717) is 0 Å². The van der Waals surface area contributed by atoms with Crippen LogP contribution in [-0.4, -0.2) is 18.3 Å². The van der Waals surface area contributed by atoms with Gasteiger partial charge in [0.25, 0.3) is 0 Å². The molecular formula is C14H5F9O2. The second kappa shape index (κ2) is 6.82. The van der Waals surface area contributed by atoms with Crippen molar-refractivity contribution in [2.75, 3.05) is 13.2 Å². The quantitative estimate of drug-likeness (QED) is 0.497. The van der Waals surface area contributed by atoms with E-state index in [4.69, 9.17) is 5.11 Å². The third-order valence-corrected chi connectivity index (χ3v) is 3.02. The van der Waals surface area contributed by atoms with Gasteiger partial charge in [0, 0.05) is 0 Å². The van der Waals surface area contributed by atoms with Gasteiger partial charge in [-0.1, -0.05) is 0 Å². The lowest BCUT2D eigenvalue weighted by Gasteiger charge is -2.14. The molecule has 2 rings (SSSR count). The maximum absolute atomic E-state index is 13.9. The molecular weight excluding hydrogens is 371 g/mol. The fraction of sp³-hybridized carbons (Fsp3) is 0.143. The van der Waals surface area contributed by atoms with Crippen molar-refractivity contribution in [2.24, 2.45) is 0 Å². The minimum atomic E-state index is -2.64. The molecule has 1 N–H and O–H groups in total. The maximum Gasteiger partial charge on any atom is 0.204 e. The Morgan fingerprint density at radius 1 is 0.520 bits per heavy atom. The third-order valence-electron chi connectivity index (χ3n) is 3.02. The molecule has 0 unspecified atom stereocenters. The first-order valence-corrected chi connectivity index (χ1v) is 6.26. The molecule has 0 aliphatic heterocycles. The van der Waals surface area contributed by atoms with Gasteiger partial charge in [-0.15, -0.1) is 0 Å². The summed E-state index contributed by atoms with van der Waals surface area (Å²) < 4.78 is 126. The van der Waals surface area contributed by atoms with Gasteiger partial charge in [-0.05, 0) is 0 Å². The number of aliphatic hydroxyl groups is 1. The minimum Gasteiger partial charge on any atom is -0.485 e. The van der Waals surface area contributed by atoms with Gasteiger partial charge >= 0.3 is 0 Å². The van der Waals surface area contributed by atoms with Crippen LogP contribution in [0, 0.1) is 52.4 Å². The normalized spacial score (nSPS) is 11.1. The summed E-state index contributed by atoms with van der Waals surface area (Å²) >= 11 is 0. The summed E-state index contributed by atoms with van der Waals surface area (Å²) in [4.78, 5) is 0. The van der Waals surface area contributed by atoms with Crippen LogP contribution in [0.25, 0.3) is 11.1 Å². The van der Waals surface area contributed by atoms with Gasteiger partial charge in [0.15, 0.2) is 40.7 Å². The number of rotatable bonds is 4. The Kier molecular flexibility index (Phi) is 5.16. The van der Waals surface area contributed by atoms with Crippen LogP contribution in [0.2, 0.25) is 0 Å². The standard InChI is InChI=1S/C14H5F9O2/c15-5-3(6(16)10(20)11(21)9(5)19)4-7(17)12(22)14(25-2-1-24)13(23)8(4)18/h24H,1-2H2. The van der Waals surface area contributed by atoms with Crippen molar-refractivity contribution < 1.29 is 49.4 Å². The highest BCUT2D eigenvalue weighted by molar-refractivity contribution is 5.68. The first-order chi connectivity index (χ1) is 11.6. The third kappa shape index (κ3) is 2.88. The van der Waals surface area contributed by atoms with Crippen molar-refractivity contribution in [2.45, 2.75) is 0 Å². The topological polar surface area (TPSA) is 29.5 Å². The number of hydrogen-bond donors (Lipinski definition) is 1. The predicted octanol–water partition coefficient (Wildman–Crippen LogP) is 3.98. The molecule has 0 saturated carbocycles. The van der Waals surface area contributed by atoms with Gasteiger partial charge in [0.1, 0.15) is 6.61 Å². The van der Waals surface area contributed by atoms with Crippen LogP contribution in [0.1, 0.15) is 0 Å². The lowest BCUT2D eigenvalue weighted by atomic mass is 10.0. The van der Waals surface area contributed by atoms with E-state index in [1.807, 2.05) is 0 Å². The number of halogens is 9. The number of benzene rings is 2. The van der Waals surface area contributed by atoms with E-state index in [0.717, 1.165) is 0 Å². The molecule has 0 radical (unpaired) electrons. The molecule has 0 saturated heterocycles. The molecule has 0 amide bonds. The van der Waals surface area contributed by atoms with E-state index < -0.39 is 82.4 Å². The highest BCUT2D eigenvalue weighted by Crippen LogP contribution is 2.39. The second-order valence-corrected chi connectivity index (χ2v) is 4.48. The Labute approximate surface area is 133 Å². The Bertz CT molecular complexity index is 793. The first kappa shape index (κ1) is 18.9. The van der Waals surface area contributed by atoms with Gasteiger partial charge in [-0.3, -0.25) is 0 Å². The summed E-state index contributed by atoms with van der Waals surface area (Å²) in [5.74, 6) is -24.2. The predicted molar refractivity (Wildman–Crippen MR) is 64.1 cm³/mol. The van der Waals surface area contributed by atoms with Crippen LogP contribution >= 0.6 is 0 Å². The zero-order chi connectivity index (χ0) is 19.0. The summed E-state index contributed by atoms with van der Waals surface area (Å²) in [7, 11) is 0. The molecule has 0 aliphatic carbocycles. The summed E-state index contributed by atoms with van der Waals surface area (Å²) in [6.07, 6.45) is 0. The van der Waals surface area contributed by atoms with Gasteiger partial charge in [-0.25, -0.2) is 30.7 Å². The molecule has 25 heavy (non-hydrogen) atoms. The summed E-state index contributed by atoms with van der Waals surface area (Å²) in [5, 5.41) is 8.46. The van der Waals surface area contributed by atoms with Gasteiger partial charge in [-0.2, -0.15) is 8.78 Å². The van der Waals surface area contributed by atoms with Crippen molar-refractivity contribution in [3.8, 4) is 16.9 Å². The van der Waals surface area contributed by atoms with Gasteiger partial charge in [0.2, 0.25) is 17.5 Å². The molecule has 0 bridgehead atoms. The molecule has 136 valence electrons. The molecule has 0 aromatic heterocycles. The Balaban J connectivity index is 2.87. The maximum atomic E-state index is 13.9.